The molecule has 1 saturated carbocycles. The summed E-state index contributed by atoms with van der Waals surface area (Å²) in [5.41, 5.74) is -4.12. The Morgan fingerprint density at radius 2 is 1.90 bits per heavy atom. The van der Waals surface area contributed by atoms with Gasteiger partial charge in [0.25, 0.3) is 0 Å². The van der Waals surface area contributed by atoms with E-state index in [0.717, 1.165) is 0 Å². The number of aliphatic hydroxyl groups excluding tert-OH is 2. The summed E-state index contributed by atoms with van der Waals surface area (Å²) in [7, 11) is 0. The molecule has 0 spiro atoms. The van der Waals surface area contributed by atoms with Gasteiger partial charge in [0.1, 0.15) is 5.78 Å². The maximum atomic E-state index is 12.6. The SMILES string of the molecule is CC1CC(O)C2C(O)(C=CC(C)(O)C2(C)C(=O)CCO)C1. The fourth-order valence-corrected chi connectivity index (χ4v) is 4.32. The van der Waals surface area contributed by atoms with Crippen molar-refractivity contribution in [3.05, 3.63) is 12.2 Å². The van der Waals surface area contributed by atoms with Gasteiger partial charge in [0, 0.05) is 18.9 Å². The molecule has 0 bridgehead atoms. The van der Waals surface area contributed by atoms with Crippen LogP contribution in [-0.2, 0) is 4.79 Å². The van der Waals surface area contributed by atoms with E-state index in [0.29, 0.717) is 12.8 Å². The molecular weight excluding hydrogens is 272 g/mol. The Kier molecular flexibility index (Phi) is 4.08. The summed E-state index contributed by atoms with van der Waals surface area (Å²) in [5.74, 6) is -0.984. The van der Waals surface area contributed by atoms with Crippen LogP contribution in [0.1, 0.15) is 40.0 Å². The zero-order chi connectivity index (χ0) is 16.1. The largest absolute Gasteiger partial charge is 0.396 e. The summed E-state index contributed by atoms with van der Waals surface area (Å²) < 4.78 is 0. The first kappa shape index (κ1) is 16.6. The fraction of sp³-hybridized carbons (Fsp3) is 0.812. The van der Waals surface area contributed by atoms with Crippen LogP contribution in [0.25, 0.3) is 0 Å². The van der Waals surface area contributed by atoms with Gasteiger partial charge >= 0.3 is 0 Å². The molecule has 5 nitrogen and oxygen atoms in total. The summed E-state index contributed by atoms with van der Waals surface area (Å²) >= 11 is 0. The normalized spacial score (nSPS) is 49.8. The van der Waals surface area contributed by atoms with E-state index in [1.807, 2.05) is 6.92 Å². The molecule has 0 aromatic carbocycles. The number of carbonyl (C=O) groups excluding carboxylic acids is 1. The molecule has 5 heteroatoms. The van der Waals surface area contributed by atoms with Crippen molar-refractivity contribution >= 4 is 5.78 Å². The molecular formula is C16H26O5. The van der Waals surface area contributed by atoms with Crippen molar-refractivity contribution in [1.29, 1.82) is 0 Å². The zero-order valence-corrected chi connectivity index (χ0v) is 12.9. The van der Waals surface area contributed by atoms with E-state index in [2.05, 4.69) is 0 Å². The highest BCUT2D eigenvalue weighted by Gasteiger charge is 2.64. The van der Waals surface area contributed by atoms with E-state index in [1.54, 1.807) is 6.92 Å². The molecule has 0 radical (unpaired) electrons. The molecule has 120 valence electrons. The van der Waals surface area contributed by atoms with Gasteiger partial charge in [-0.2, -0.15) is 0 Å². The summed E-state index contributed by atoms with van der Waals surface area (Å²) in [6.45, 7) is 4.74. The third kappa shape index (κ3) is 2.36. The third-order valence-electron chi connectivity index (χ3n) is 5.53. The van der Waals surface area contributed by atoms with E-state index < -0.39 is 28.6 Å². The minimum Gasteiger partial charge on any atom is -0.396 e. The Morgan fingerprint density at radius 3 is 2.48 bits per heavy atom. The number of carbonyl (C=O) groups is 1. The lowest BCUT2D eigenvalue weighted by atomic mass is 9.49. The van der Waals surface area contributed by atoms with Crippen molar-refractivity contribution in [3.8, 4) is 0 Å². The highest BCUT2D eigenvalue weighted by atomic mass is 16.3. The molecule has 0 aliphatic heterocycles. The predicted octanol–water partition coefficient (Wildman–Crippen LogP) is 0.403. The van der Waals surface area contributed by atoms with E-state index in [4.69, 9.17) is 5.11 Å². The zero-order valence-electron chi connectivity index (χ0n) is 12.9. The van der Waals surface area contributed by atoms with Crippen LogP contribution in [0.5, 0.6) is 0 Å². The van der Waals surface area contributed by atoms with Gasteiger partial charge in [-0.05, 0) is 32.6 Å². The van der Waals surface area contributed by atoms with Crippen molar-refractivity contribution in [2.24, 2.45) is 17.3 Å². The van der Waals surface area contributed by atoms with Crippen LogP contribution in [0.15, 0.2) is 12.2 Å². The van der Waals surface area contributed by atoms with Crippen LogP contribution in [0.4, 0.5) is 0 Å². The van der Waals surface area contributed by atoms with Gasteiger partial charge in [-0.15, -0.1) is 0 Å². The highest BCUT2D eigenvalue weighted by molar-refractivity contribution is 5.87. The van der Waals surface area contributed by atoms with E-state index in [1.165, 1.54) is 19.1 Å². The van der Waals surface area contributed by atoms with E-state index in [-0.39, 0.29) is 24.7 Å². The van der Waals surface area contributed by atoms with Gasteiger partial charge in [-0.25, -0.2) is 0 Å². The topological polar surface area (TPSA) is 98.0 Å². The molecule has 2 aliphatic carbocycles. The number of fused-ring (bicyclic) bond motifs is 1. The standard InChI is InChI=1S/C16H26O5/c1-10-8-11(18)13-15(3,12(19)4-7-17)14(2,20)5-6-16(13,21)9-10/h5-6,10-11,13,17-18,20-21H,4,7-9H2,1-3H3. The molecule has 0 amide bonds. The van der Waals surface area contributed by atoms with Crippen molar-refractivity contribution in [1.82, 2.24) is 0 Å². The monoisotopic (exact) mass is 298 g/mol. The van der Waals surface area contributed by atoms with Gasteiger partial charge in [0.2, 0.25) is 0 Å². The summed E-state index contributed by atoms with van der Waals surface area (Å²) in [6.07, 6.45) is 2.95. The molecule has 0 saturated heterocycles. The van der Waals surface area contributed by atoms with Gasteiger partial charge < -0.3 is 20.4 Å². The molecule has 6 atom stereocenters. The lowest BCUT2D eigenvalue weighted by Gasteiger charge is -2.58. The van der Waals surface area contributed by atoms with Crippen LogP contribution in [-0.4, -0.2) is 50.1 Å². The first-order chi connectivity index (χ1) is 9.58. The number of rotatable bonds is 3. The van der Waals surface area contributed by atoms with Gasteiger partial charge in [0.15, 0.2) is 0 Å². The number of aliphatic hydroxyl groups is 4. The highest BCUT2D eigenvalue weighted by Crippen LogP contribution is 2.55. The molecule has 0 aromatic heterocycles. The van der Waals surface area contributed by atoms with Gasteiger partial charge in [-0.1, -0.05) is 19.1 Å². The predicted molar refractivity (Wildman–Crippen MR) is 77.4 cm³/mol. The summed E-state index contributed by atoms with van der Waals surface area (Å²) in [4.78, 5) is 12.6. The van der Waals surface area contributed by atoms with E-state index >= 15 is 0 Å². The Hall–Kier alpha value is -0.750. The maximum absolute atomic E-state index is 12.6. The number of Topliss-reactive ketones (excluding diaryl/α,β-unsaturated/α-hetero) is 1. The van der Waals surface area contributed by atoms with Crippen molar-refractivity contribution < 1.29 is 25.2 Å². The fourth-order valence-electron chi connectivity index (χ4n) is 4.32. The van der Waals surface area contributed by atoms with Gasteiger partial charge in [-0.3, -0.25) is 4.79 Å². The molecule has 21 heavy (non-hydrogen) atoms. The molecule has 4 N–H and O–H groups in total. The van der Waals surface area contributed by atoms with Crippen LogP contribution in [0.2, 0.25) is 0 Å². The minimum absolute atomic E-state index is 0.102. The molecule has 0 heterocycles. The van der Waals surface area contributed by atoms with Crippen LogP contribution in [0, 0.1) is 17.3 Å². The Labute approximate surface area is 125 Å². The molecule has 6 unspecified atom stereocenters. The quantitative estimate of drug-likeness (QED) is 0.566. The van der Waals surface area contributed by atoms with Crippen molar-refractivity contribution in [3.63, 3.8) is 0 Å². The summed E-state index contributed by atoms with van der Waals surface area (Å²) in [5, 5.41) is 41.2. The van der Waals surface area contributed by atoms with E-state index in [9.17, 15) is 20.1 Å². The first-order valence-corrected chi connectivity index (χ1v) is 7.56. The molecule has 1 fully saturated rings. The first-order valence-electron chi connectivity index (χ1n) is 7.56. The Balaban J connectivity index is 2.55. The number of hydrogen-bond acceptors (Lipinski definition) is 5. The minimum atomic E-state index is -1.47. The maximum Gasteiger partial charge on any atom is 0.144 e. The smallest absolute Gasteiger partial charge is 0.144 e. The summed E-state index contributed by atoms with van der Waals surface area (Å²) in [6, 6.07) is 0. The lowest BCUT2D eigenvalue weighted by Crippen LogP contribution is -2.67. The Bertz CT molecular complexity index is 458. The molecule has 2 rings (SSSR count). The van der Waals surface area contributed by atoms with Gasteiger partial charge in [0.05, 0.1) is 22.7 Å². The second-order valence-corrected chi connectivity index (χ2v) is 7.16. The Morgan fingerprint density at radius 1 is 1.29 bits per heavy atom. The van der Waals surface area contributed by atoms with Crippen LogP contribution in [0.3, 0.4) is 0 Å². The number of hydrogen-bond donors (Lipinski definition) is 4. The number of ketones is 1. The molecule has 2 aliphatic rings. The molecule has 0 aromatic rings. The van der Waals surface area contributed by atoms with Crippen molar-refractivity contribution in [2.45, 2.75) is 57.3 Å². The average molecular weight is 298 g/mol. The van der Waals surface area contributed by atoms with Crippen LogP contribution >= 0.6 is 0 Å². The second-order valence-electron chi connectivity index (χ2n) is 7.16. The van der Waals surface area contributed by atoms with Crippen molar-refractivity contribution in [2.75, 3.05) is 6.61 Å². The van der Waals surface area contributed by atoms with Crippen LogP contribution < -0.4 is 0 Å². The average Bonchev–Trinajstić information content (AvgIpc) is 2.34. The second kappa shape index (κ2) is 5.16. The third-order valence-corrected chi connectivity index (χ3v) is 5.53. The lowest BCUT2D eigenvalue weighted by molar-refractivity contribution is -0.198.